The Bertz CT molecular complexity index is 1170. The van der Waals surface area contributed by atoms with Crippen molar-refractivity contribution in [3.63, 3.8) is 0 Å². The summed E-state index contributed by atoms with van der Waals surface area (Å²) in [6.45, 7) is 9.76. The molecule has 1 fully saturated rings. The molecule has 0 N–H and O–H groups in total. The lowest BCUT2D eigenvalue weighted by Gasteiger charge is -2.33. The van der Waals surface area contributed by atoms with E-state index in [0.717, 1.165) is 44.1 Å². The van der Waals surface area contributed by atoms with Crippen LogP contribution >= 0.6 is 0 Å². The number of hydrogen-bond acceptors (Lipinski definition) is 4. The van der Waals surface area contributed by atoms with E-state index >= 15 is 0 Å². The van der Waals surface area contributed by atoms with E-state index in [1.165, 1.54) is 5.56 Å². The lowest BCUT2D eigenvalue weighted by molar-refractivity contribution is -0.131. The number of hydrogen-bond donors (Lipinski definition) is 0. The van der Waals surface area contributed by atoms with Gasteiger partial charge in [0, 0.05) is 57.6 Å². The first-order valence-corrected chi connectivity index (χ1v) is 13.3. The number of rotatable bonds is 11. The van der Waals surface area contributed by atoms with E-state index in [0.29, 0.717) is 38.4 Å². The van der Waals surface area contributed by atoms with Crippen LogP contribution in [-0.2, 0) is 17.9 Å². The van der Waals surface area contributed by atoms with Gasteiger partial charge in [-0.3, -0.25) is 14.5 Å². The number of benzene rings is 1. The first kappa shape index (κ1) is 26.5. The Balaban J connectivity index is 1.29. The number of aromatic nitrogens is 1. The Morgan fingerprint density at radius 2 is 1.76 bits per heavy atom. The van der Waals surface area contributed by atoms with E-state index < -0.39 is 0 Å². The molecule has 0 atom stereocenters. The maximum absolute atomic E-state index is 13.1. The molecule has 1 aromatic carbocycles. The van der Waals surface area contributed by atoms with E-state index in [9.17, 15) is 9.59 Å². The van der Waals surface area contributed by atoms with Crippen LogP contribution in [-0.4, -0.2) is 70.3 Å². The van der Waals surface area contributed by atoms with Crippen molar-refractivity contribution in [3.8, 4) is 0 Å². The second-order valence-electron chi connectivity index (χ2n) is 9.47. The van der Waals surface area contributed by atoms with E-state index in [-0.39, 0.29) is 11.8 Å². The van der Waals surface area contributed by atoms with Gasteiger partial charge in [0.2, 0.25) is 5.91 Å². The van der Waals surface area contributed by atoms with Gasteiger partial charge in [0.05, 0.1) is 13.1 Å². The smallest absolute Gasteiger partial charge is 0.289 e. The number of piperazine rings is 1. The van der Waals surface area contributed by atoms with Gasteiger partial charge < -0.3 is 18.8 Å². The van der Waals surface area contributed by atoms with Gasteiger partial charge in [-0.2, -0.15) is 0 Å². The summed E-state index contributed by atoms with van der Waals surface area (Å²) in [5.74, 6) is 1.22. The molecule has 0 saturated carbocycles. The molecule has 37 heavy (non-hydrogen) atoms. The minimum Gasteiger partial charge on any atom is -0.454 e. The molecule has 7 heteroatoms. The highest BCUT2D eigenvalue weighted by Gasteiger charge is 2.24. The van der Waals surface area contributed by atoms with Gasteiger partial charge in [-0.25, -0.2) is 0 Å². The molecule has 4 rings (SSSR count). The van der Waals surface area contributed by atoms with Gasteiger partial charge in [-0.1, -0.05) is 56.3 Å². The molecule has 0 bridgehead atoms. The number of furan rings is 1. The molecule has 2 amide bonds. The topological polar surface area (TPSA) is 61.9 Å². The molecule has 0 radical (unpaired) electrons. The predicted octanol–water partition coefficient (Wildman–Crippen LogP) is 4.75. The van der Waals surface area contributed by atoms with Crippen molar-refractivity contribution in [2.45, 2.75) is 39.8 Å². The van der Waals surface area contributed by atoms with Gasteiger partial charge in [0.15, 0.2) is 5.76 Å². The Morgan fingerprint density at radius 1 is 0.973 bits per heavy atom. The fourth-order valence-electron chi connectivity index (χ4n) is 4.67. The Hall–Kier alpha value is -3.58. The molecule has 1 saturated heterocycles. The van der Waals surface area contributed by atoms with Crippen LogP contribution in [0.25, 0.3) is 6.08 Å². The molecular formula is C30H38N4O3. The summed E-state index contributed by atoms with van der Waals surface area (Å²) < 4.78 is 8.06. The normalized spacial score (nSPS) is 14.4. The molecule has 0 aliphatic carbocycles. The summed E-state index contributed by atoms with van der Waals surface area (Å²) in [7, 11) is 0. The fourth-order valence-corrected chi connectivity index (χ4v) is 4.67. The van der Waals surface area contributed by atoms with Gasteiger partial charge >= 0.3 is 0 Å². The molecule has 1 aliphatic rings. The SMILES string of the molecule is CCCN(Cc1cccn1Cc1ccc(C(=O)N2CCN(C/C=C/c3ccccc3)CC2)o1)C(=O)CC. The van der Waals surface area contributed by atoms with Gasteiger partial charge in [0.1, 0.15) is 5.76 Å². The average Bonchev–Trinajstić information content (AvgIpc) is 3.58. The van der Waals surface area contributed by atoms with E-state index in [2.05, 4.69) is 40.7 Å². The zero-order chi connectivity index (χ0) is 26.0. The highest BCUT2D eigenvalue weighted by atomic mass is 16.4. The maximum atomic E-state index is 13.1. The van der Waals surface area contributed by atoms with Crippen LogP contribution in [0.15, 0.2) is 71.3 Å². The Labute approximate surface area is 220 Å². The first-order valence-electron chi connectivity index (χ1n) is 13.3. The summed E-state index contributed by atoms with van der Waals surface area (Å²) in [5, 5.41) is 0. The van der Waals surface area contributed by atoms with Crippen molar-refractivity contribution < 1.29 is 14.0 Å². The van der Waals surface area contributed by atoms with E-state index in [4.69, 9.17) is 4.42 Å². The van der Waals surface area contributed by atoms with Crippen LogP contribution < -0.4 is 0 Å². The third-order valence-electron chi connectivity index (χ3n) is 6.76. The summed E-state index contributed by atoms with van der Waals surface area (Å²) in [5.41, 5.74) is 2.25. The molecule has 0 spiro atoms. The monoisotopic (exact) mass is 502 g/mol. The van der Waals surface area contributed by atoms with Crippen molar-refractivity contribution in [1.82, 2.24) is 19.3 Å². The third kappa shape index (κ3) is 7.23. The van der Waals surface area contributed by atoms with Crippen LogP contribution in [0.5, 0.6) is 0 Å². The molecule has 7 nitrogen and oxygen atoms in total. The number of nitrogens with zero attached hydrogens (tertiary/aromatic N) is 4. The fraction of sp³-hybridized carbons (Fsp3) is 0.400. The number of carbonyl (C=O) groups excluding carboxylic acids is 2. The minimum absolute atomic E-state index is 0.0545. The standard InChI is InChI=1S/C30H38N4O3/c1-3-16-34(29(35)4-2)23-26-13-9-18-33(26)24-27-14-15-28(37-27)30(36)32-21-19-31(20-22-32)17-8-12-25-10-6-5-7-11-25/h5-15,18H,3-4,16-17,19-24H2,1-2H3/b12-8+. The first-order chi connectivity index (χ1) is 18.1. The lowest BCUT2D eigenvalue weighted by Crippen LogP contribution is -2.48. The zero-order valence-electron chi connectivity index (χ0n) is 22.0. The Morgan fingerprint density at radius 3 is 2.49 bits per heavy atom. The molecular weight excluding hydrogens is 464 g/mol. The summed E-state index contributed by atoms with van der Waals surface area (Å²) in [4.78, 5) is 31.5. The molecule has 3 aromatic rings. The third-order valence-corrected chi connectivity index (χ3v) is 6.76. The van der Waals surface area contributed by atoms with Crippen molar-refractivity contribution in [1.29, 1.82) is 0 Å². The van der Waals surface area contributed by atoms with Gasteiger partial charge in [0.25, 0.3) is 5.91 Å². The van der Waals surface area contributed by atoms with Crippen LogP contribution in [0, 0.1) is 0 Å². The number of amides is 2. The quantitative estimate of drug-likeness (QED) is 0.380. The molecule has 196 valence electrons. The highest BCUT2D eigenvalue weighted by molar-refractivity contribution is 5.91. The van der Waals surface area contributed by atoms with E-state index in [1.54, 1.807) is 6.07 Å². The maximum Gasteiger partial charge on any atom is 0.289 e. The van der Waals surface area contributed by atoms with Gasteiger partial charge in [-0.15, -0.1) is 0 Å². The largest absolute Gasteiger partial charge is 0.454 e. The Kier molecular flexibility index (Phi) is 9.38. The molecule has 1 aliphatic heterocycles. The van der Waals surface area contributed by atoms with Crippen molar-refractivity contribution >= 4 is 17.9 Å². The summed E-state index contributed by atoms with van der Waals surface area (Å²) in [6.07, 6.45) is 7.74. The average molecular weight is 503 g/mol. The molecule has 0 unspecified atom stereocenters. The van der Waals surface area contributed by atoms with Crippen LogP contribution in [0.4, 0.5) is 0 Å². The van der Waals surface area contributed by atoms with Crippen molar-refractivity contribution in [2.75, 3.05) is 39.3 Å². The molecule has 3 heterocycles. The zero-order valence-corrected chi connectivity index (χ0v) is 22.0. The summed E-state index contributed by atoms with van der Waals surface area (Å²) >= 11 is 0. The minimum atomic E-state index is -0.0545. The summed E-state index contributed by atoms with van der Waals surface area (Å²) in [6, 6.07) is 18.0. The van der Waals surface area contributed by atoms with Crippen LogP contribution in [0.2, 0.25) is 0 Å². The predicted molar refractivity (Wildman–Crippen MR) is 146 cm³/mol. The second kappa shape index (κ2) is 13.1. The molecule has 2 aromatic heterocycles. The highest BCUT2D eigenvalue weighted by Crippen LogP contribution is 2.17. The van der Waals surface area contributed by atoms with Gasteiger partial charge in [-0.05, 0) is 36.2 Å². The van der Waals surface area contributed by atoms with Crippen LogP contribution in [0.1, 0.15) is 54.3 Å². The lowest BCUT2D eigenvalue weighted by atomic mass is 10.2. The van der Waals surface area contributed by atoms with Crippen LogP contribution in [0.3, 0.4) is 0 Å². The van der Waals surface area contributed by atoms with Crippen molar-refractivity contribution in [3.05, 3.63) is 89.6 Å². The second-order valence-corrected chi connectivity index (χ2v) is 9.47. The van der Waals surface area contributed by atoms with Crippen molar-refractivity contribution in [2.24, 2.45) is 0 Å². The van der Waals surface area contributed by atoms with E-state index in [1.807, 2.05) is 59.3 Å². The number of carbonyl (C=O) groups is 2.